The smallest absolute Gasteiger partial charge is 0.185 e. The normalized spacial score (nSPS) is 10.7. The number of carbonyl (C=O) groups excluding carboxylic acids is 1. The van der Waals surface area contributed by atoms with Gasteiger partial charge >= 0.3 is 0 Å². The summed E-state index contributed by atoms with van der Waals surface area (Å²) in [5, 5.41) is 0. The number of aldehydes is 1. The van der Waals surface area contributed by atoms with E-state index in [-0.39, 0.29) is 11.6 Å². The highest BCUT2D eigenvalue weighted by Crippen LogP contribution is 2.25. The van der Waals surface area contributed by atoms with Gasteiger partial charge in [0.2, 0.25) is 0 Å². The fourth-order valence-electron chi connectivity index (χ4n) is 1.99. The fraction of sp³-hybridized carbons (Fsp3) is 0.0667. The Kier molecular flexibility index (Phi) is 2.95. The maximum absolute atomic E-state index is 14.2. The van der Waals surface area contributed by atoms with Crippen LogP contribution in [0.25, 0.3) is 17.0 Å². The number of carbonyl (C=O) groups is 1. The molecular weight excluding hydrogens is 259 g/mol. The van der Waals surface area contributed by atoms with E-state index in [2.05, 4.69) is 4.98 Å². The van der Waals surface area contributed by atoms with Gasteiger partial charge in [0, 0.05) is 11.8 Å². The van der Waals surface area contributed by atoms with Crippen LogP contribution < -0.4 is 0 Å². The second-order valence-corrected chi connectivity index (χ2v) is 4.41. The summed E-state index contributed by atoms with van der Waals surface area (Å²) in [5.74, 6) is 0.290. The Labute approximate surface area is 114 Å². The van der Waals surface area contributed by atoms with E-state index < -0.39 is 0 Å². The number of halogens is 1. The first kappa shape index (κ1) is 12.3. The zero-order valence-corrected chi connectivity index (χ0v) is 10.7. The predicted molar refractivity (Wildman–Crippen MR) is 71.3 cm³/mol. The molecule has 0 aliphatic carbocycles. The molecule has 2 aromatic heterocycles. The summed E-state index contributed by atoms with van der Waals surface area (Å²) in [5.41, 5.74) is 1.81. The van der Waals surface area contributed by atoms with E-state index in [1.807, 2.05) is 6.92 Å². The maximum atomic E-state index is 14.2. The van der Waals surface area contributed by atoms with Crippen LogP contribution in [0.3, 0.4) is 0 Å². The van der Waals surface area contributed by atoms with Crippen LogP contribution in [0.1, 0.15) is 16.2 Å². The lowest BCUT2D eigenvalue weighted by Gasteiger charge is -2.05. The molecular formula is C15H11FN2O2. The van der Waals surface area contributed by atoms with Crippen molar-refractivity contribution >= 4 is 6.29 Å². The third-order valence-electron chi connectivity index (χ3n) is 2.96. The van der Waals surface area contributed by atoms with Crippen molar-refractivity contribution in [2.24, 2.45) is 0 Å². The van der Waals surface area contributed by atoms with Crippen molar-refractivity contribution in [1.82, 2.24) is 9.55 Å². The Bertz CT molecular complexity index is 774. The maximum Gasteiger partial charge on any atom is 0.185 e. The standard InChI is InChI=1S/C15H11FN2O2/c1-10-7-18(9-17-10)14-4-2-11(6-13(14)16)15-5-3-12(8-19)20-15/h2-9H,1H3. The average molecular weight is 270 g/mol. The van der Waals surface area contributed by atoms with Crippen molar-refractivity contribution in [2.75, 3.05) is 0 Å². The summed E-state index contributed by atoms with van der Waals surface area (Å²) in [4.78, 5) is 14.6. The molecule has 0 N–H and O–H groups in total. The van der Waals surface area contributed by atoms with Crippen LogP contribution in [0.15, 0.2) is 47.3 Å². The highest BCUT2D eigenvalue weighted by Gasteiger charge is 2.10. The monoisotopic (exact) mass is 270 g/mol. The Morgan fingerprint density at radius 1 is 1.30 bits per heavy atom. The quantitative estimate of drug-likeness (QED) is 0.685. The van der Waals surface area contributed by atoms with E-state index in [4.69, 9.17) is 4.42 Å². The number of hydrogen-bond acceptors (Lipinski definition) is 3. The minimum Gasteiger partial charge on any atom is -0.453 e. The van der Waals surface area contributed by atoms with Gasteiger partial charge in [0.1, 0.15) is 11.6 Å². The van der Waals surface area contributed by atoms with Crippen molar-refractivity contribution in [1.29, 1.82) is 0 Å². The summed E-state index contributed by atoms with van der Waals surface area (Å²) < 4.78 is 21.0. The van der Waals surface area contributed by atoms with E-state index in [1.54, 1.807) is 41.4 Å². The third kappa shape index (κ3) is 2.14. The van der Waals surface area contributed by atoms with Gasteiger partial charge in [0.05, 0.1) is 17.7 Å². The molecule has 0 saturated carbocycles. The first-order chi connectivity index (χ1) is 9.67. The van der Waals surface area contributed by atoms with Crippen LogP contribution in [0, 0.1) is 12.7 Å². The van der Waals surface area contributed by atoms with Crippen LogP contribution in [-0.4, -0.2) is 15.8 Å². The first-order valence-electron chi connectivity index (χ1n) is 6.03. The van der Waals surface area contributed by atoms with Crippen LogP contribution in [-0.2, 0) is 0 Å². The van der Waals surface area contributed by atoms with Crippen molar-refractivity contribution in [3.05, 3.63) is 60.1 Å². The molecule has 0 atom stereocenters. The predicted octanol–water partition coefficient (Wildman–Crippen LogP) is 3.39. The van der Waals surface area contributed by atoms with Crippen LogP contribution in [0.2, 0.25) is 0 Å². The summed E-state index contributed by atoms with van der Waals surface area (Å²) in [6.07, 6.45) is 3.92. The number of aryl methyl sites for hydroxylation is 1. The number of benzene rings is 1. The third-order valence-corrected chi connectivity index (χ3v) is 2.96. The Balaban J connectivity index is 2.00. The molecule has 5 heteroatoms. The summed E-state index contributed by atoms with van der Waals surface area (Å²) in [6, 6.07) is 7.95. The molecule has 3 rings (SSSR count). The van der Waals surface area contributed by atoms with Crippen molar-refractivity contribution in [3.63, 3.8) is 0 Å². The summed E-state index contributed by atoms with van der Waals surface area (Å²) >= 11 is 0. The van der Waals surface area contributed by atoms with E-state index in [0.29, 0.717) is 23.3 Å². The van der Waals surface area contributed by atoms with Gasteiger partial charge in [0.25, 0.3) is 0 Å². The van der Waals surface area contributed by atoms with E-state index in [9.17, 15) is 9.18 Å². The molecule has 0 aliphatic rings. The van der Waals surface area contributed by atoms with Gasteiger partial charge < -0.3 is 8.98 Å². The molecule has 1 aromatic carbocycles. The minimum absolute atomic E-state index is 0.217. The lowest BCUT2D eigenvalue weighted by molar-refractivity contribution is 0.110. The molecule has 3 aromatic rings. The summed E-state index contributed by atoms with van der Waals surface area (Å²) in [7, 11) is 0. The molecule has 4 nitrogen and oxygen atoms in total. The first-order valence-corrected chi connectivity index (χ1v) is 6.03. The second-order valence-electron chi connectivity index (χ2n) is 4.41. The molecule has 0 radical (unpaired) electrons. The molecule has 0 aliphatic heterocycles. The molecule has 0 saturated heterocycles. The van der Waals surface area contributed by atoms with Gasteiger partial charge in [-0.05, 0) is 37.3 Å². The molecule has 100 valence electrons. The molecule has 0 amide bonds. The van der Waals surface area contributed by atoms with Crippen LogP contribution in [0.4, 0.5) is 4.39 Å². The molecule has 0 unspecified atom stereocenters. The molecule has 0 fully saturated rings. The highest BCUT2D eigenvalue weighted by molar-refractivity contribution is 5.73. The number of aromatic nitrogens is 2. The van der Waals surface area contributed by atoms with Gasteiger partial charge in [0.15, 0.2) is 12.0 Å². The van der Waals surface area contributed by atoms with Gasteiger partial charge in [-0.25, -0.2) is 9.37 Å². The molecule has 20 heavy (non-hydrogen) atoms. The number of furan rings is 1. The molecule has 0 bridgehead atoms. The fourth-order valence-corrected chi connectivity index (χ4v) is 1.99. The van der Waals surface area contributed by atoms with Crippen molar-refractivity contribution in [3.8, 4) is 17.0 Å². The van der Waals surface area contributed by atoms with E-state index in [0.717, 1.165) is 5.69 Å². The van der Waals surface area contributed by atoms with Gasteiger partial charge in [-0.1, -0.05) is 0 Å². The van der Waals surface area contributed by atoms with Gasteiger partial charge in [-0.3, -0.25) is 4.79 Å². The number of hydrogen-bond donors (Lipinski definition) is 0. The van der Waals surface area contributed by atoms with E-state index >= 15 is 0 Å². The largest absolute Gasteiger partial charge is 0.453 e. The summed E-state index contributed by atoms with van der Waals surface area (Å²) in [6.45, 7) is 1.84. The lowest BCUT2D eigenvalue weighted by atomic mass is 10.1. The number of imidazole rings is 1. The zero-order valence-electron chi connectivity index (χ0n) is 10.7. The highest BCUT2D eigenvalue weighted by atomic mass is 19.1. The number of nitrogens with zero attached hydrogens (tertiary/aromatic N) is 2. The van der Waals surface area contributed by atoms with Crippen LogP contribution in [0.5, 0.6) is 0 Å². The SMILES string of the molecule is Cc1cn(-c2ccc(-c3ccc(C=O)o3)cc2F)cn1. The lowest BCUT2D eigenvalue weighted by Crippen LogP contribution is -1.94. The van der Waals surface area contributed by atoms with Crippen molar-refractivity contribution < 1.29 is 13.6 Å². The second kappa shape index (κ2) is 4.77. The van der Waals surface area contributed by atoms with Gasteiger partial charge in [-0.15, -0.1) is 0 Å². The molecule has 2 heterocycles. The Hall–Kier alpha value is -2.69. The van der Waals surface area contributed by atoms with E-state index in [1.165, 1.54) is 6.07 Å². The molecule has 0 spiro atoms. The average Bonchev–Trinajstić information content (AvgIpc) is 3.07. The topological polar surface area (TPSA) is 48.0 Å². The Morgan fingerprint density at radius 2 is 2.15 bits per heavy atom. The zero-order chi connectivity index (χ0) is 14.1. The Morgan fingerprint density at radius 3 is 2.75 bits per heavy atom. The van der Waals surface area contributed by atoms with Crippen molar-refractivity contribution in [2.45, 2.75) is 6.92 Å². The number of rotatable bonds is 3. The minimum atomic E-state index is -0.385. The van der Waals surface area contributed by atoms with Crippen LogP contribution >= 0.6 is 0 Å². The van der Waals surface area contributed by atoms with Gasteiger partial charge in [-0.2, -0.15) is 0 Å².